The molecule has 2 N–H and O–H groups in total. The SMILES string of the molecule is O=C(CCC(=O)N1CCOCC1)Nc1nc(-c2c[nH]c3ccccc23)cs1. The van der Waals surface area contributed by atoms with Crippen LogP contribution in [0.1, 0.15) is 12.8 Å². The summed E-state index contributed by atoms with van der Waals surface area (Å²) in [7, 11) is 0. The highest BCUT2D eigenvalue weighted by Crippen LogP contribution is 2.30. The van der Waals surface area contributed by atoms with Gasteiger partial charge in [0.1, 0.15) is 0 Å². The number of morpholine rings is 1. The minimum atomic E-state index is -0.198. The maximum absolute atomic E-state index is 12.2. The predicted molar refractivity (Wildman–Crippen MR) is 105 cm³/mol. The summed E-state index contributed by atoms with van der Waals surface area (Å²) in [6.45, 7) is 2.32. The van der Waals surface area contributed by atoms with Gasteiger partial charge in [-0.05, 0) is 6.07 Å². The van der Waals surface area contributed by atoms with E-state index < -0.39 is 0 Å². The van der Waals surface area contributed by atoms with Crippen LogP contribution in [-0.2, 0) is 14.3 Å². The van der Waals surface area contributed by atoms with Crippen molar-refractivity contribution in [3.05, 3.63) is 35.8 Å². The van der Waals surface area contributed by atoms with Gasteiger partial charge in [0, 0.05) is 54.0 Å². The summed E-state index contributed by atoms with van der Waals surface area (Å²) in [5.41, 5.74) is 2.87. The predicted octanol–water partition coefficient (Wildman–Crippen LogP) is 2.87. The normalized spacial score (nSPS) is 14.4. The first-order valence-corrected chi connectivity index (χ1v) is 9.76. The molecule has 140 valence electrons. The van der Waals surface area contributed by atoms with Crippen LogP contribution in [0.15, 0.2) is 35.8 Å². The van der Waals surface area contributed by atoms with Crippen LogP contribution in [0.25, 0.3) is 22.2 Å². The van der Waals surface area contributed by atoms with Gasteiger partial charge in [0.2, 0.25) is 11.8 Å². The number of benzene rings is 1. The molecule has 0 unspecified atom stereocenters. The van der Waals surface area contributed by atoms with Crippen molar-refractivity contribution in [1.29, 1.82) is 0 Å². The molecule has 4 rings (SSSR count). The molecule has 3 heterocycles. The van der Waals surface area contributed by atoms with Crippen molar-refractivity contribution in [3.8, 4) is 11.3 Å². The molecular formula is C19H20N4O3S. The Kier molecular flexibility index (Phi) is 5.17. The minimum Gasteiger partial charge on any atom is -0.378 e. The maximum Gasteiger partial charge on any atom is 0.226 e. The van der Waals surface area contributed by atoms with Crippen LogP contribution < -0.4 is 5.32 Å². The number of hydrogen-bond acceptors (Lipinski definition) is 5. The highest BCUT2D eigenvalue weighted by Gasteiger charge is 2.18. The average molecular weight is 384 g/mol. The Hall–Kier alpha value is -2.71. The van der Waals surface area contributed by atoms with E-state index in [2.05, 4.69) is 15.3 Å². The van der Waals surface area contributed by atoms with Crippen molar-refractivity contribution >= 4 is 39.2 Å². The molecule has 0 spiro atoms. The topological polar surface area (TPSA) is 87.3 Å². The first kappa shape index (κ1) is 17.7. The van der Waals surface area contributed by atoms with E-state index in [9.17, 15) is 9.59 Å². The van der Waals surface area contributed by atoms with E-state index in [0.29, 0.717) is 31.4 Å². The lowest BCUT2D eigenvalue weighted by Crippen LogP contribution is -2.40. The summed E-state index contributed by atoms with van der Waals surface area (Å²) in [6.07, 6.45) is 2.27. The summed E-state index contributed by atoms with van der Waals surface area (Å²) in [4.78, 5) is 33.8. The number of carbonyl (C=O) groups excluding carboxylic acids is 2. The van der Waals surface area contributed by atoms with Crippen molar-refractivity contribution in [2.75, 3.05) is 31.6 Å². The van der Waals surface area contributed by atoms with Crippen molar-refractivity contribution in [1.82, 2.24) is 14.9 Å². The lowest BCUT2D eigenvalue weighted by molar-refractivity contribution is -0.136. The number of amides is 2. The van der Waals surface area contributed by atoms with Gasteiger partial charge in [-0.3, -0.25) is 9.59 Å². The van der Waals surface area contributed by atoms with E-state index in [1.807, 2.05) is 35.8 Å². The van der Waals surface area contributed by atoms with Crippen LogP contribution in [-0.4, -0.2) is 53.0 Å². The number of thiazole rings is 1. The minimum absolute atomic E-state index is 0.00734. The van der Waals surface area contributed by atoms with E-state index in [4.69, 9.17) is 4.74 Å². The third-order valence-corrected chi connectivity index (χ3v) is 5.30. The fourth-order valence-corrected chi connectivity index (χ4v) is 3.84. The molecule has 0 saturated carbocycles. The lowest BCUT2D eigenvalue weighted by atomic mass is 10.1. The van der Waals surface area contributed by atoms with E-state index in [0.717, 1.165) is 22.2 Å². The number of ether oxygens (including phenoxy) is 1. The molecule has 0 aliphatic carbocycles. The van der Waals surface area contributed by atoms with E-state index >= 15 is 0 Å². The molecule has 27 heavy (non-hydrogen) atoms. The number of H-pyrrole nitrogens is 1. The average Bonchev–Trinajstić information content (AvgIpc) is 3.33. The number of nitrogens with zero attached hydrogens (tertiary/aromatic N) is 2. The van der Waals surface area contributed by atoms with Gasteiger partial charge in [-0.25, -0.2) is 4.98 Å². The smallest absolute Gasteiger partial charge is 0.226 e. The molecule has 1 saturated heterocycles. The van der Waals surface area contributed by atoms with Crippen LogP contribution in [0.4, 0.5) is 5.13 Å². The number of aromatic amines is 1. The molecule has 0 radical (unpaired) electrons. The Bertz CT molecular complexity index is 959. The van der Waals surface area contributed by atoms with Crippen molar-refractivity contribution < 1.29 is 14.3 Å². The van der Waals surface area contributed by atoms with E-state index in [1.54, 1.807) is 4.90 Å². The molecule has 1 fully saturated rings. The highest BCUT2D eigenvalue weighted by atomic mass is 32.1. The molecule has 2 amide bonds. The Balaban J connectivity index is 1.35. The number of hydrogen-bond donors (Lipinski definition) is 2. The second-order valence-corrected chi connectivity index (χ2v) is 7.19. The number of rotatable bonds is 5. The molecule has 0 atom stereocenters. The third kappa shape index (κ3) is 4.01. The first-order chi connectivity index (χ1) is 13.2. The fourth-order valence-electron chi connectivity index (χ4n) is 3.11. The second kappa shape index (κ2) is 7.89. The van der Waals surface area contributed by atoms with E-state index in [1.165, 1.54) is 11.3 Å². The molecule has 1 aliphatic rings. The van der Waals surface area contributed by atoms with Gasteiger partial charge in [-0.15, -0.1) is 11.3 Å². The number of aromatic nitrogens is 2. The largest absolute Gasteiger partial charge is 0.378 e. The number of anilines is 1. The van der Waals surface area contributed by atoms with Crippen molar-refractivity contribution in [3.63, 3.8) is 0 Å². The van der Waals surface area contributed by atoms with Gasteiger partial charge < -0.3 is 19.9 Å². The zero-order valence-electron chi connectivity index (χ0n) is 14.7. The lowest BCUT2D eigenvalue weighted by Gasteiger charge is -2.26. The number of nitrogens with one attached hydrogen (secondary N) is 2. The van der Waals surface area contributed by atoms with Crippen LogP contribution in [0.2, 0.25) is 0 Å². The molecular weight excluding hydrogens is 364 g/mol. The van der Waals surface area contributed by atoms with Gasteiger partial charge in [0.25, 0.3) is 0 Å². The summed E-state index contributed by atoms with van der Waals surface area (Å²) in [5, 5.41) is 6.35. The Morgan fingerprint density at radius 2 is 2.04 bits per heavy atom. The number of fused-ring (bicyclic) bond motifs is 1. The van der Waals surface area contributed by atoms with E-state index in [-0.39, 0.29) is 24.7 Å². The third-order valence-electron chi connectivity index (χ3n) is 4.55. The summed E-state index contributed by atoms with van der Waals surface area (Å²) < 4.78 is 5.23. The second-order valence-electron chi connectivity index (χ2n) is 6.33. The molecule has 3 aromatic rings. The first-order valence-electron chi connectivity index (χ1n) is 8.88. The Labute approximate surface area is 160 Å². The van der Waals surface area contributed by atoms with Crippen molar-refractivity contribution in [2.24, 2.45) is 0 Å². The monoisotopic (exact) mass is 384 g/mol. The number of para-hydroxylation sites is 1. The molecule has 7 nitrogen and oxygen atoms in total. The van der Waals surface area contributed by atoms with Crippen LogP contribution in [0, 0.1) is 0 Å². The standard InChI is InChI=1S/C19H20N4O3S/c24-17(5-6-18(25)23-7-9-26-10-8-23)22-19-21-16(12-27-19)14-11-20-15-4-2-1-3-13(14)15/h1-4,11-12,20H,5-10H2,(H,21,22,24). The summed E-state index contributed by atoms with van der Waals surface area (Å²) in [5.74, 6) is -0.205. The molecule has 8 heteroatoms. The molecule has 1 aliphatic heterocycles. The highest BCUT2D eigenvalue weighted by molar-refractivity contribution is 7.14. The van der Waals surface area contributed by atoms with Crippen LogP contribution in [0.3, 0.4) is 0 Å². The molecule has 0 bridgehead atoms. The van der Waals surface area contributed by atoms with Gasteiger partial charge in [-0.2, -0.15) is 0 Å². The Morgan fingerprint density at radius 3 is 2.89 bits per heavy atom. The molecule has 1 aromatic carbocycles. The van der Waals surface area contributed by atoms with Gasteiger partial charge in [0.15, 0.2) is 5.13 Å². The van der Waals surface area contributed by atoms with Crippen LogP contribution in [0.5, 0.6) is 0 Å². The Morgan fingerprint density at radius 1 is 1.22 bits per heavy atom. The van der Waals surface area contributed by atoms with Gasteiger partial charge in [-0.1, -0.05) is 18.2 Å². The summed E-state index contributed by atoms with van der Waals surface area (Å²) in [6, 6.07) is 8.02. The van der Waals surface area contributed by atoms with Gasteiger partial charge in [0.05, 0.1) is 18.9 Å². The summed E-state index contributed by atoms with van der Waals surface area (Å²) >= 11 is 1.38. The zero-order chi connectivity index (χ0) is 18.6. The quantitative estimate of drug-likeness (QED) is 0.708. The number of carbonyl (C=O) groups is 2. The maximum atomic E-state index is 12.2. The zero-order valence-corrected chi connectivity index (χ0v) is 15.6. The molecule has 2 aromatic heterocycles. The fraction of sp³-hybridized carbons (Fsp3) is 0.316. The van der Waals surface area contributed by atoms with Crippen LogP contribution >= 0.6 is 11.3 Å². The van der Waals surface area contributed by atoms with Crippen molar-refractivity contribution in [2.45, 2.75) is 12.8 Å². The van der Waals surface area contributed by atoms with Gasteiger partial charge >= 0.3 is 0 Å².